The Balaban J connectivity index is 2.23. The molecule has 0 radical (unpaired) electrons. The molecule has 0 aromatic heterocycles. The molecule has 30 heavy (non-hydrogen) atoms. The molecular weight excluding hydrogens is 498 g/mol. The highest BCUT2D eigenvalue weighted by molar-refractivity contribution is 9.10. The number of halogens is 2. The molecule has 10 heteroatoms. The maximum absolute atomic E-state index is 13.2. The molecule has 0 saturated carbocycles. The lowest BCUT2D eigenvalue weighted by molar-refractivity contribution is -0.149. The Morgan fingerprint density at radius 2 is 1.87 bits per heavy atom. The van der Waals surface area contributed by atoms with Gasteiger partial charge in [0.1, 0.15) is 5.75 Å². The summed E-state index contributed by atoms with van der Waals surface area (Å²) in [6, 6.07) is 2.78. The minimum Gasteiger partial charge on any atom is -0.506 e. The molecule has 0 aliphatic carbocycles. The first-order valence-electron chi connectivity index (χ1n) is 8.57. The van der Waals surface area contributed by atoms with E-state index < -0.39 is 22.6 Å². The average molecular weight is 515 g/mol. The molecule has 158 valence electrons. The molecule has 0 amide bonds. The van der Waals surface area contributed by atoms with Crippen LogP contribution in [0, 0.1) is 0 Å². The number of phenols is 1. The molecule has 0 fully saturated rings. The van der Waals surface area contributed by atoms with Crippen LogP contribution in [-0.2, 0) is 19.1 Å². The van der Waals surface area contributed by atoms with Crippen molar-refractivity contribution in [3.63, 3.8) is 0 Å². The second kappa shape index (κ2) is 8.13. The Hall–Kier alpha value is -2.23. The number of fused-ring (bicyclic) bond motifs is 1. The van der Waals surface area contributed by atoms with E-state index in [9.17, 15) is 19.5 Å². The SMILES string of the molecule is COC(=O)C1=CC(C(=O)c2cc(Cl)cc(Br)c2O)=CN2C(C)=C(C)SC12C(=O)OC. The molecule has 1 N–H and O–H groups in total. The molecular formula is C20H17BrClNO6S. The number of ether oxygens (including phenoxy) is 2. The predicted molar refractivity (Wildman–Crippen MR) is 116 cm³/mol. The monoisotopic (exact) mass is 513 g/mol. The average Bonchev–Trinajstić information content (AvgIpc) is 2.99. The first kappa shape index (κ1) is 22.5. The highest BCUT2D eigenvalue weighted by Crippen LogP contribution is 2.53. The molecule has 7 nitrogen and oxygen atoms in total. The fourth-order valence-corrected chi connectivity index (χ4v) is 5.47. The minimum absolute atomic E-state index is 0.0585. The van der Waals surface area contributed by atoms with E-state index in [2.05, 4.69) is 15.9 Å². The highest BCUT2D eigenvalue weighted by Gasteiger charge is 2.58. The molecule has 1 atom stereocenters. The van der Waals surface area contributed by atoms with Crippen molar-refractivity contribution in [2.75, 3.05) is 14.2 Å². The normalized spacial score (nSPS) is 20.4. The van der Waals surface area contributed by atoms with E-state index in [0.29, 0.717) is 5.70 Å². The molecule has 2 aliphatic rings. The van der Waals surface area contributed by atoms with E-state index in [1.165, 1.54) is 43.5 Å². The van der Waals surface area contributed by atoms with Crippen LogP contribution in [0.1, 0.15) is 24.2 Å². The molecule has 0 saturated heterocycles. The summed E-state index contributed by atoms with van der Waals surface area (Å²) in [4.78, 5) is 39.5. The van der Waals surface area contributed by atoms with Crippen molar-refractivity contribution in [3.05, 3.63) is 61.2 Å². The van der Waals surface area contributed by atoms with E-state index in [4.69, 9.17) is 21.1 Å². The van der Waals surface area contributed by atoms with E-state index in [-0.39, 0.29) is 32.0 Å². The van der Waals surface area contributed by atoms with Gasteiger partial charge < -0.3 is 19.5 Å². The van der Waals surface area contributed by atoms with Crippen LogP contribution in [0.5, 0.6) is 5.75 Å². The van der Waals surface area contributed by atoms with Gasteiger partial charge in [0.2, 0.25) is 4.87 Å². The van der Waals surface area contributed by atoms with Crippen LogP contribution in [0.15, 0.2) is 50.6 Å². The second-order valence-electron chi connectivity index (χ2n) is 6.50. The lowest BCUT2D eigenvalue weighted by Gasteiger charge is -2.38. The standard InChI is InChI=1S/C20H17BrClNO6S/c1-9-10(2)30-20(19(27)29-4)14(18(26)28-3)5-11(8-23(9)20)16(24)13-6-12(22)7-15(21)17(13)25/h5-8,25H,1-4H3. The van der Waals surface area contributed by atoms with Crippen molar-refractivity contribution in [2.45, 2.75) is 18.7 Å². The first-order valence-corrected chi connectivity index (χ1v) is 10.6. The molecule has 1 aromatic rings. The molecule has 1 unspecified atom stereocenters. The number of aromatic hydroxyl groups is 1. The van der Waals surface area contributed by atoms with E-state index >= 15 is 0 Å². The minimum atomic E-state index is -1.54. The second-order valence-corrected chi connectivity index (χ2v) is 9.19. The number of rotatable bonds is 4. The Morgan fingerprint density at radius 3 is 2.47 bits per heavy atom. The molecule has 0 spiro atoms. The van der Waals surface area contributed by atoms with Crippen LogP contribution < -0.4 is 0 Å². The lowest BCUT2D eigenvalue weighted by Crippen LogP contribution is -2.52. The third kappa shape index (κ3) is 3.34. The number of benzene rings is 1. The molecule has 1 aromatic carbocycles. The summed E-state index contributed by atoms with van der Waals surface area (Å²) in [5, 5.41) is 10.6. The number of hydrogen-bond donors (Lipinski definition) is 1. The van der Waals surface area contributed by atoms with Crippen molar-refractivity contribution >= 4 is 57.0 Å². The van der Waals surface area contributed by atoms with Gasteiger partial charge >= 0.3 is 11.9 Å². The number of Topliss-reactive ketones (excluding diaryl/α,β-unsaturated/α-hetero) is 1. The fourth-order valence-electron chi connectivity index (χ4n) is 3.27. The quantitative estimate of drug-likeness (QED) is 0.473. The van der Waals surface area contributed by atoms with Crippen LogP contribution in [0.3, 0.4) is 0 Å². The van der Waals surface area contributed by atoms with Gasteiger partial charge in [0.05, 0.1) is 29.8 Å². The van der Waals surface area contributed by atoms with Gasteiger partial charge in [-0.05, 0) is 48.0 Å². The topological polar surface area (TPSA) is 93.1 Å². The summed E-state index contributed by atoms with van der Waals surface area (Å²) >= 11 is 10.3. The van der Waals surface area contributed by atoms with Crippen LogP contribution in [-0.4, -0.2) is 46.8 Å². The number of methoxy groups -OCH3 is 2. The summed E-state index contributed by atoms with van der Waals surface area (Å²) < 4.78 is 10.1. The van der Waals surface area contributed by atoms with Crippen molar-refractivity contribution in [1.82, 2.24) is 4.90 Å². The maximum Gasteiger partial charge on any atom is 0.348 e. The van der Waals surface area contributed by atoms with Gasteiger partial charge in [0.15, 0.2) is 5.78 Å². The smallest absolute Gasteiger partial charge is 0.348 e. The van der Waals surface area contributed by atoms with Gasteiger partial charge in [-0.15, -0.1) is 0 Å². The molecule has 2 aliphatic heterocycles. The fraction of sp³-hybridized carbons (Fsp3) is 0.250. The Kier molecular flexibility index (Phi) is 6.08. The summed E-state index contributed by atoms with van der Waals surface area (Å²) in [7, 11) is 2.41. The Morgan fingerprint density at radius 1 is 1.20 bits per heavy atom. The van der Waals surface area contributed by atoms with Gasteiger partial charge in [-0.3, -0.25) is 4.79 Å². The number of thioether (sulfide) groups is 1. The van der Waals surface area contributed by atoms with Crippen LogP contribution >= 0.6 is 39.3 Å². The van der Waals surface area contributed by atoms with E-state index in [1.54, 1.807) is 13.8 Å². The maximum atomic E-state index is 13.2. The number of carbonyl (C=O) groups excluding carboxylic acids is 3. The summed E-state index contributed by atoms with van der Waals surface area (Å²) in [5.41, 5.74) is 0.608. The van der Waals surface area contributed by atoms with Gasteiger partial charge in [0.25, 0.3) is 0 Å². The van der Waals surface area contributed by atoms with Crippen molar-refractivity contribution in [1.29, 1.82) is 0 Å². The highest BCUT2D eigenvalue weighted by atomic mass is 79.9. The predicted octanol–water partition coefficient (Wildman–Crippen LogP) is 4.16. The molecule has 2 heterocycles. The van der Waals surface area contributed by atoms with Crippen molar-refractivity contribution < 1.29 is 29.0 Å². The Bertz CT molecular complexity index is 1080. The number of phenolic OH excluding ortho intramolecular Hbond substituents is 1. The number of carbonyl (C=O) groups is 3. The number of allylic oxidation sites excluding steroid dienone is 4. The Labute approximate surface area is 190 Å². The lowest BCUT2D eigenvalue weighted by atomic mass is 9.93. The summed E-state index contributed by atoms with van der Waals surface area (Å²) in [6.45, 7) is 3.56. The van der Waals surface area contributed by atoms with Crippen molar-refractivity contribution in [2.24, 2.45) is 0 Å². The summed E-state index contributed by atoms with van der Waals surface area (Å²) in [6.07, 6.45) is 2.74. The molecule has 0 bridgehead atoms. The zero-order valence-electron chi connectivity index (χ0n) is 16.4. The molecule has 3 rings (SSSR count). The zero-order valence-corrected chi connectivity index (χ0v) is 19.6. The number of ketones is 1. The van der Waals surface area contributed by atoms with Gasteiger partial charge in [0, 0.05) is 27.4 Å². The van der Waals surface area contributed by atoms with Crippen LogP contribution in [0.2, 0.25) is 5.02 Å². The third-order valence-corrected chi connectivity index (χ3v) is 7.15. The number of nitrogens with zero attached hydrogens (tertiary/aromatic N) is 1. The number of hydrogen-bond acceptors (Lipinski definition) is 8. The summed E-state index contributed by atoms with van der Waals surface area (Å²) in [5.74, 6) is -2.34. The van der Waals surface area contributed by atoms with E-state index in [1.807, 2.05) is 0 Å². The number of esters is 2. The third-order valence-electron chi connectivity index (χ3n) is 4.85. The van der Waals surface area contributed by atoms with Crippen LogP contribution in [0.4, 0.5) is 0 Å². The van der Waals surface area contributed by atoms with Gasteiger partial charge in [-0.1, -0.05) is 23.4 Å². The zero-order chi connectivity index (χ0) is 22.4. The van der Waals surface area contributed by atoms with Crippen molar-refractivity contribution in [3.8, 4) is 5.75 Å². The van der Waals surface area contributed by atoms with Crippen LogP contribution in [0.25, 0.3) is 0 Å². The largest absolute Gasteiger partial charge is 0.506 e. The van der Waals surface area contributed by atoms with Gasteiger partial charge in [-0.2, -0.15) is 0 Å². The van der Waals surface area contributed by atoms with E-state index in [0.717, 1.165) is 16.7 Å². The first-order chi connectivity index (χ1) is 14.1. The van der Waals surface area contributed by atoms with Gasteiger partial charge in [-0.25, -0.2) is 9.59 Å².